The van der Waals surface area contributed by atoms with Crippen molar-refractivity contribution in [3.8, 4) is 0 Å². The zero-order valence-corrected chi connectivity index (χ0v) is 13.8. The first-order valence-electron chi connectivity index (χ1n) is 8.07. The molecule has 126 valence electrons. The van der Waals surface area contributed by atoms with E-state index in [9.17, 15) is 9.59 Å². The summed E-state index contributed by atoms with van der Waals surface area (Å²) in [7, 11) is 0. The molecular weight excluding hydrogens is 306 g/mol. The summed E-state index contributed by atoms with van der Waals surface area (Å²) in [5.41, 5.74) is 1.01. The number of carbonyl (C=O) groups excluding carboxylic acids is 2. The van der Waals surface area contributed by atoms with Crippen LogP contribution in [0.3, 0.4) is 0 Å². The minimum absolute atomic E-state index is 0.142. The highest BCUT2D eigenvalue weighted by Crippen LogP contribution is 2.15. The highest BCUT2D eigenvalue weighted by atomic mass is 16.2. The molecule has 1 aliphatic rings. The van der Waals surface area contributed by atoms with E-state index >= 15 is 0 Å². The lowest BCUT2D eigenvalue weighted by atomic mass is 10.1. The van der Waals surface area contributed by atoms with Crippen molar-refractivity contribution < 1.29 is 9.59 Å². The van der Waals surface area contributed by atoms with Gasteiger partial charge in [0.1, 0.15) is 18.2 Å². The molecule has 2 aromatic rings. The average Bonchev–Trinajstić information content (AvgIpc) is 3.08. The first kappa shape index (κ1) is 16.2. The number of urea groups is 1. The SMILES string of the molecule is CC(C)Cn1ncnc1CN1C(=O)NC(Cc2ccccc2)C1=O. The first-order chi connectivity index (χ1) is 11.5. The fourth-order valence-electron chi connectivity index (χ4n) is 2.77. The van der Waals surface area contributed by atoms with Crippen LogP contribution in [0.1, 0.15) is 25.2 Å². The number of hydrogen-bond acceptors (Lipinski definition) is 4. The minimum Gasteiger partial charge on any atom is -0.325 e. The van der Waals surface area contributed by atoms with Gasteiger partial charge in [-0.1, -0.05) is 44.2 Å². The Bertz CT molecular complexity index is 726. The largest absolute Gasteiger partial charge is 0.325 e. The topological polar surface area (TPSA) is 80.1 Å². The van der Waals surface area contributed by atoms with Crippen LogP contribution in [0.4, 0.5) is 4.79 Å². The van der Waals surface area contributed by atoms with Crippen molar-refractivity contribution >= 4 is 11.9 Å². The second kappa shape index (κ2) is 6.82. The van der Waals surface area contributed by atoms with Gasteiger partial charge in [-0.05, 0) is 11.5 Å². The van der Waals surface area contributed by atoms with Crippen molar-refractivity contribution in [3.63, 3.8) is 0 Å². The number of benzene rings is 1. The van der Waals surface area contributed by atoms with E-state index in [-0.39, 0.29) is 18.5 Å². The second-order valence-electron chi connectivity index (χ2n) is 6.37. The molecular formula is C17H21N5O2. The Morgan fingerprint density at radius 1 is 1.21 bits per heavy atom. The third kappa shape index (κ3) is 3.45. The molecule has 0 saturated carbocycles. The van der Waals surface area contributed by atoms with E-state index in [2.05, 4.69) is 29.2 Å². The molecule has 3 amide bonds. The van der Waals surface area contributed by atoms with Crippen LogP contribution in [0.25, 0.3) is 0 Å². The van der Waals surface area contributed by atoms with Crippen molar-refractivity contribution in [1.82, 2.24) is 25.0 Å². The third-order valence-electron chi connectivity index (χ3n) is 3.92. The van der Waals surface area contributed by atoms with Crippen molar-refractivity contribution in [2.45, 2.75) is 39.4 Å². The quantitative estimate of drug-likeness (QED) is 0.817. The van der Waals surface area contributed by atoms with E-state index in [1.807, 2.05) is 30.3 Å². The van der Waals surface area contributed by atoms with Gasteiger partial charge in [0.2, 0.25) is 0 Å². The number of hydrogen-bond donors (Lipinski definition) is 1. The van der Waals surface area contributed by atoms with E-state index < -0.39 is 6.04 Å². The smallest absolute Gasteiger partial charge is 0.325 e. The maximum absolute atomic E-state index is 12.6. The van der Waals surface area contributed by atoms with Gasteiger partial charge in [0.05, 0.1) is 6.54 Å². The molecule has 7 heteroatoms. The number of nitrogens with one attached hydrogen (secondary N) is 1. The molecule has 7 nitrogen and oxygen atoms in total. The number of rotatable bonds is 6. The number of amides is 3. The molecule has 0 aliphatic carbocycles. The molecule has 0 bridgehead atoms. The zero-order chi connectivity index (χ0) is 17.1. The maximum atomic E-state index is 12.6. The first-order valence-corrected chi connectivity index (χ1v) is 8.07. The normalized spacial score (nSPS) is 17.6. The Morgan fingerprint density at radius 3 is 2.67 bits per heavy atom. The number of nitrogens with zero attached hydrogens (tertiary/aromatic N) is 4. The fourth-order valence-corrected chi connectivity index (χ4v) is 2.77. The molecule has 1 aromatic carbocycles. The number of imide groups is 1. The summed E-state index contributed by atoms with van der Waals surface area (Å²) in [6.07, 6.45) is 1.94. The minimum atomic E-state index is -0.527. The molecule has 1 fully saturated rings. The lowest BCUT2D eigenvalue weighted by molar-refractivity contribution is -0.127. The third-order valence-corrected chi connectivity index (χ3v) is 3.92. The Kier molecular flexibility index (Phi) is 4.59. The Labute approximate surface area is 140 Å². The molecule has 1 aromatic heterocycles. The lowest BCUT2D eigenvalue weighted by Crippen LogP contribution is -2.33. The molecule has 0 radical (unpaired) electrons. The van der Waals surface area contributed by atoms with Crippen molar-refractivity contribution in [2.24, 2.45) is 5.92 Å². The van der Waals surface area contributed by atoms with Crippen LogP contribution in [-0.4, -0.2) is 37.6 Å². The predicted octanol–water partition coefficient (Wildman–Crippen LogP) is 1.60. The maximum Gasteiger partial charge on any atom is 0.325 e. The van der Waals surface area contributed by atoms with Gasteiger partial charge in [-0.2, -0.15) is 5.10 Å². The van der Waals surface area contributed by atoms with Gasteiger partial charge in [-0.3, -0.25) is 9.69 Å². The average molecular weight is 327 g/mol. The Hall–Kier alpha value is -2.70. The fraction of sp³-hybridized carbons (Fsp3) is 0.412. The predicted molar refractivity (Wildman–Crippen MR) is 87.9 cm³/mol. The molecule has 1 atom stereocenters. The summed E-state index contributed by atoms with van der Waals surface area (Å²) in [6, 6.07) is 8.75. The van der Waals surface area contributed by atoms with Gasteiger partial charge < -0.3 is 5.32 Å². The summed E-state index contributed by atoms with van der Waals surface area (Å²) in [5, 5.41) is 6.93. The standard InChI is InChI=1S/C17H21N5O2/c1-12(2)9-22-15(18-11-19-22)10-21-16(23)14(20-17(21)24)8-13-6-4-3-5-7-13/h3-7,11-12,14H,8-10H2,1-2H3,(H,20,24). The Balaban J connectivity index is 1.70. The zero-order valence-electron chi connectivity index (χ0n) is 13.8. The van der Waals surface area contributed by atoms with E-state index in [0.717, 1.165) is 5.56 Å². The summed E-state index contributed by atoms with van der Waals surface area (Å²) in [5.74, 6) is 0.801. The molecule has 2 heterocycles. The van der Waals surface area contributed by atoms with Crippen LogP contribution < -0.4 is 5.32 Å². The highest BCUT2D eigenvalue weighted by Gasteiger charge is 2.38. The van der Waals surface area contributed by atoms with Gasteiger partial charge >= 0.3 is 6.03 Å². The van der Waals surface area contributed by atoms with Gasteiger partial charge in [-0.15, -0.1) is 0 Å². The summed E-state index contributed by atoms with van der Waals surface area (Å²) in [6.45, 7) is 5.00. The van der Waals surface area contributed by atoms with Crippen LogP contribution >= 0.6 is 0 Å². The second-order valence-corrected chi connectivity index (χ2v) is 6.37. The van der Waals surface area contributed by atoms with Crippen molar-refractivity contribution in [3.05, 3.63) is 48.0 Å². The van der Waals surface area contributed by atoms with Crippen molar-refractivity contribution in [2.75, 3.05) is 0 Å². The summed E-state index contributed by atoms with van der Waals surface area (Å²) in [4.78, 5) is 30.2. The van der Waals surface area contributed by atoms with Crippen LogP contribution in [0.5, 0.6) is 0 Å². The summed E-state index contributed by atoms with van der Waals surface area (Å²) < 4.78 is 1.75. The highest BCUT2D eigenvalue weighted by molar-refractivity contribution is 6.04. The van der Waals surface area contributed by atoms with Crippen LogP contribution in [-0.2, 0) is 24.3 Å². The van der Waals surface area contributed by atoms with E-state index in [1.165, 1.54) is 11.2 Å². The molecule has 1 N–H and O–H groups in total. The molecule has 1 aliphatic heterocycles. The van der Waals surface area contributed by atoms with E-state index in [1.54, 1.807) is 4.68 Å². The molecule has 3 rings (SSSR count). The molecule has 1 unspecified atom stereocenters. The van der Waals surface area contributed by atoms with Crippen LogP contribution in [0.2, 0.25) is 0 Å². The summed E-state index contributed by atoms with van der Waals surface area (Å²) >= 11 is 0. The van der Waals surface area contributed by atoms with Gasteiger partial charge in [0, 0.05) is 13.0 Å². The molecule has 0 spiro atoms. The van der Waals surface area contributed by atoms with Crippen LogP contribution in [0.15, 0.2) is 36.7 Å². The van der Waals surface area contributed by atoms with E-state index in [4.69, 9.17) is 0 Å². The van der Waals surface area contributed by atoms with Gasteiger partial charge in [-0.25, -0.2) is 14.5 Å². The Morgan fingerprint density at radius 2 is 1.96 bits per heavy atom. The molecule has 24 heavy (non-hydrogen) atoms. The number of aromatic nitrogens is 3. The van der Waals surface area contributed by atoms with Crippen molar-refractivity contribution in [1.29, 1.82) is 0 Å². The molecule has 1 saturated heterocycles. The van der Waals surface area contributed by atoms with Crippen LogP contribution in [0, 0.1) is 5.92 Å². The van der Waals surface area contributed by atoms with Gasteiger partial charge in [0.15, 0.2) is 0 Å². The monoisotopic (exact) mass is 327 g/mol. The van der Waals surface area contributed by atoms with Gasteiger partial charge in [0.25, 0.3) is 5.91 Å². The number of carbonyl (C=O) groups is 2. The lowest BCUT2D eigenvalue weighted by Gasteiger charge is -2.14. The van der Waals surface area contributed by atoms with E-state index in [0.29, 0.717) is 24.7 Å².